The van der Waals surface area contributed by atoms with E-state index in [0.29, 0.717) is 24.8 Å². The monoisotopic (exact) mass is 296 g/mol. The van der Waals surface area contributed by atoms with Gasteiger partial charge in [-0.2, -0.15) is 0 Å². The number of nitrogens with one attached hydrogen (secondary N) is 1. The van der Waals surface area contributed by atoms with Gasteiger partial charge in [-0.05, 0) is 43.9 Å². The van der Waals surface area contributed by atoms with E-state index in [0.717, 1.165) is 32.1 Å². The van der Waals surface area contributed by atoms with Crippen LogP contribution in [-0.4, -0.2) is 40.6 Å². The first-order valence-electron chi connectivity index (χ1n) is 8.27. The topological polar surface area (TPSA) is 69.6 Å². The van der Waals surface area contributed by atoms with Crippen molar-refractivity contribution in [3.05, 3.63) is 0 Å². The van der Waals surface area contributed by atoms with Crippen molar-refractivity contribution in [1.29, 1.82) is 0 Å². The van der Waals surface area contributed by atoms with Gasteiger partial charge in [0.1, 0.15) is 6.04 Å². The molecule has 2 amide bonds. The first kappa shape index (κ1) is 16.1. The lowest BCUT2D eigenvalue weighted by atomic mass is 9.80. The first-order valence-corrected chi connectivity index (χ1v) is 8.27. The van der Waals surface area contributed by atoms with Gasteiger partial charge in [0.25, 0.3) is 0 Å². The Kier molecular flexibility index (Phi) is 5.48. The van der Waals surface area contributed by atoms with Crippen molar-refractivity contribution in [2.24, 2.45) is 11.8 Å². The second-order valence-corrected chi connectivity index (χ2v) is 6.96. The Balaban J connectivity index is 1.98. The maximum atomic E-state index is 12.5. The Hall–Kier alpha value is -1.26. The molecule has 0 radical (unpaired) electrons. The molecule has 5 nitrogen and oxygen atoms in total. The van der Waals surface area contributed by atoms with Gasteiger partial charge in [0.15, 0.2) is 0 Å². The molecule has 2 fully saturated rings. The van der Waals surface area contributed by atoms with E-state index in [1.807, 2.05) is 0 Å². The molecule has 3 atom stereocenters. The average Bonchev–Trinajstić information content (AvgIpc) is 2.62. The molecule has 2 rings (SSSR count). The molecule has 0 bridgehead atoms. The van der Waals surface area contributed by atoms with E-state index in [-0.39, 0.29) is 12.1 Å². The van der Waals surface area contributed by atoms with Crippen LogP contribution in [0.5, 0.6) is 0 Å². The van der Waals surface area contributed by atoms with Gasteiger partial charge in [0, 0.05) is 12.6 Å². The molecule has 1 aliphatic carbocycles. The summed E-state index contributed by atoms with van der Waals surface area (Å²) in [7, 11) is 0. The Morgan fingerprint density at radius 2 is 1.71 bits per heavy atom. The number of aliphatic carboxylic acids is 1. The summed E-state index contributed by atoms with van der Waals surface area (Å²) in [6.45, 7) is 5.00. The number of carbonyl (C=O) groups is 2. The van der Waals surface area contributed by atoms with E-state index in [2.05, 4.69) is 19.2 Å². The highest BCUT2D eigenvalue weighted by Crippen LogP contribution is 2.29. The zero-order valence-corrected chi connectivity index (χ0v) is 13.2. The van der Waals surface area contributed by atoms with Gasteiger partial charge in [0.2, 0.25) is 0 Å². The zero-order valence-electron chi connectivity index (χ0n) is 13.2. The molecule has 21 heavy (non-hydrogen) atoms. The fourth-order valence-electron chi connectivity index (χ4n) is 3.93. The van der Waals surface area contributed by atoms with Gasteiger partial charge in [-0.3, -0.25) is 0 Å². The highest BCUT2D eigenvalue weighted by molar-refractivity contribution is 5.82. The highest BCUT2D eigenvalue weighted by Gasteiger charge is 2.33. The van der Waals surface area contributed by atoms with Gasteiger partial charge < -0.3 is 15.3 Å². The minimum Gasteiger partial charge on any atom is -0.480 e. The fourth-order valence-corrected chi connectivity index (χ4v) is 3.93. The molecule has 1 aliphatic heterocycles. The van der Waals surface area contributed by atoms with Crippen LogP contribution >= 0.6 is 0 Å². The third-order valence-corrected chi connectivity index (χ3v) is 4.80. The Morgan fingerprint density at radius 1 is 1.05 bits per heavy atom. The van der Waals surface area contributed by atoms with Crippen LogP contribution in [0.25, 0.3) is 0 Å². The fraction of sp³-hybridized carbons (Fsp3) is 0.875. The SMILES string of the molecule is CC1CC(C)CC(NC(=O)N2CCCCCC2C(=O)O)C1. The van der Waals surface area contributed by atoms with Crippen LogP contribution in [-0.2, 0) is 4.79 Å². The molecule has 1 saturated carbocycles. The third-order valence-electron chi connectivity index (χ3n) is 4.80. The van der Waals surface area contributed by atoms with E-state index in [1.165, 1.54) is 6.42 Å². The van der Waals surface area contributed by atoms with Gasteiger partial charge in [-0.15, -0.1) is 0 Å². The molecule has 0 aromatic heterocycles. The second-order valence-electron chi connectivity index (χ2n) is 6.96. The van der Waals surface area contributed by atoms with E-state index in [9.17, 15) is 14.7 Å². The van der Waals surface area contributed by atoms with Crippen LogP contribution in [0.3, 0.4) is 0 Å². The number of carbonyl (C=O) groups excluding carboxylic acids is 1. The molecular weight excluding hydrogens is 268 g/mol. The first-order chi connectivity index (χ1) is 9.97. The number of hydrogen-bond donors (Lipinski definition) is 2. The lowest BCUT2D eigenvalue weighted by Crippen LogP contribution is -2.52. The largest absolute Gasteiger partial charge is 0.480 e. The molecule has 0 aromatic rings. The summed E-state index contributed by atoms with van der Waals surface area (Å²) in [5, 5.41) is 12.4. The summed E-state index contributed by atoms with van der Waals surface area (Å²) in [6, 6.07) is -0.657. The van der Waals surface area contributed by atoms with Crippen LogP contribution < -0.4 is 5.32 Å². The molecule has 2 N–H and O–H groups in total. The van der Waals surface area contributed by atoms with Crippen molar-refractivity contribution in [2.45, 2.75) is 70.9 Å². The number of nitrogens with zero attached hydrogens (tertiary/aromatic N) is 1. The predicted octanol–water partition coefficient (Wildman–Crippen LogP) is 2.85. The number of amides is 2. The lowest BCUT2D eigenvalue weighted by molar-refractivity contribution is -0.142. The number of rotatable bonds is 2. The van der Waals surface area contributed by atoms with Crippen LogP contribution in [0, 0.1) is 11.8 Å². The van der Waals surface area contributed by atoms with E-state index < -0.39 is 12.0 Å². The van der Waals surface area contributed by atoms with Crippen LogP contribution in [0.1, 0.15) is 58.8 Å². The van der Waals surface area contributed by atoms with Crippen molar-refractivity contribution < 1.29 is 14.7 Å². The highest BCUT2D eigenvalue weighted by atomic mass is 16.4. The van der Waals surface area contributed by atoms with Crippen molar-refractivity contribution >= 4 is 12.0 Å². The summed E-state index contributed by atoms with van der Waals surface area (Å²) < 4.78 is 0. The average molecular weight is 296 g/mol. The van der Waals surface area contributed by atoms with Crippen LogP contribution in [0.15, 0.2) is 0 Å². The van der Waals surface area contributed by atoms with Gasteiger partial charge in [-0.1, -0.05) is 26.7 Å². The Morgan fingerprint density at radius 3 is 2.33 bits per heavy atom. The maximum Gasteiger partial charge on any atom is 0.326 e. The Labute approximate surface area is 127 Å². The smallest absolute Gasteiger partial charge is 0.326 e. The standard InChI is InChI=1S/C16H28N2O3/c1-11-8-12(2)10-13(9-11)17-16(21)18-7-5-3-4-6-14(18)15(19)20/h11-14H,3-10H2,1-2H3,(H,17,21)(H,19,20). The van der Waals surface area contributed by atoms with Crippen molar-refractivity contribution in [3.8, 4) is 0 Å². The minimum atomic E-state index is -0.877. The molecule has 2 aliphatic rings. The molecule has 3 unspecified atom stereocenters. The lowest BCUT2D eigenvalue weighted by Gasteiger charge is -2.34. The van der Waals surface area contributed by atoms with Crippen LogP contribution in [0.2, 0.25) is 0 Å². The zero-order chi connectivity index (χ0) is 15.4. The van der Waals surface area contributed by atoms with Gasteiger partial charge in [-0.25, -0.2) is 9.59 Å². The van der Waals surface area contributed by atoms with E-state index >= 15 is 0 Å². The summed E-state index contributed by atoms with van der Waals surface area (Å²) in [5.74, 6) is 0.370. The molecule has 0 aromatic carbocycles. The molecule has 5 heteroatoms. The third kappa shape index (κ3) is 4.35. The quantitative estimate of drug-likeness (QED) is 0.823. The molecule has 120 valence electrons. The van der Waals surface area contributed by atoms with Gasteiger partial charge >= 0.3 is 12.0 Å². The maximum absolute atomic E-state index is 12.5. The number of carboxylic acid groups (broad SMARTS) is 1. The predicted molar refractivity (Wildman–Crippen MR) is 81.1 cm³/mol. The normalized spacial score (nSPS) is 34.1. The number of likely N-dealkylation sites (tertiary alicyclic amines) is 1. The van der Waals surface area contributed by atoms with E-state index in [1.54, 1.807) is 4.90 Å². The molecule has 1 saturated heterocycles. The number of carboxylic acids is 1. The van der Waals surface area contributed by atoms with Crippen molar-refractivity contribution in [1.82, 2.24) is 10.2 Å². The second kappa shape index (κ2) is 7.14. The molecule has 0 spiro atoms. The number of urea groups is 1. The summed E-state index contributed by atoms with van der Waals surface area (Å²) >= 11 is 0. The molecule has 1 heterocycles. The summed E-state index contributed by atoms with van der Waals surface area (Å²) in [6.07, 6.45) is 6.58. The van der Waals surface area contributed by atoms with Crippen molar-refractivity contribution in [2.75, 3.05) is 6.54 Å². The molecular formula is C16H28N2O3. The number of hydrogen-bond acceptors (Lipinski definition) is 2. The summed E-state index contributed by atoms with van der Waals surface area (Å²) in [4.78, 5) is 25.4. The minimum absolute atomic E-state index is 0.185. The Bertz CT molecular complexity index is 376. The van der Waals surface area contributed by atoms with E-state index in [4.69, 9.17) is 0 Å². The van der Waals surface area contributed by atoms with Crippen LogP contribution in [0.4, 0.5) is 4.79 Å². The van der Waals surface area contributed by atoms with Crippen molar-refractivity contribution in [3.63, 3.8) is 0 Å². The van der Waals surface area contributed by atoms with Gasteiger partial charge in [0.05, 0.1) is 0 Å². The summed E-state index contributed by atoms with van der Waals surface area (Å²) in [5.41, 5.74) is 0.